The van der Waals surface area contributed by atoms with Crippen LogP contribution in [0, 0.1) is 12.3 Å². The van der Waals surface area contributed by atoms with Gasteiger partial charge in [-0.2, -0.15) is 0 Å². The number of hydrogen-bond donors (Lipinski definition) is 0. The van der Waals surface area contributed by atoms with Gasteiger partial charge in [0.2, 0.25) is 0 Å². The highest BCUT2D eigenvalue weighted by molar-refractivity contribution is 9.09. The van der Waals surface area contributed by atoms with Gasteiger partial charge in [-0.15, -0.1) is 0 Å². The molecule has 1 aromatic rings. The third-order valence-electron chi connectivity index (χ3n) is 3.88. The summed E-state index contributed by atoms with van der Waals surface area (Å²) in [5, 5.41) is 1.15. The molecular weight excluding hydrogens is 274 g/mol. The molecule has 0 unspecified atom stereocenters. The molecule has 94 valence electrons. The lowest BCUT2D eigenvalue weighted by Crippen LogP contribution is -2.41. The van der Waals surface area contributed by atoms with E-state index in [1.165, 1.54) is 36.9 Å². The number of benzene rings is 1. The van der Waals surface area contributed by atoms with Gasteiger partial charge in [-0.25, -0.2) is 0 Å². The van der Waals surface area contributed by atoms with Crippen LogP contribution >= 0.6 is 15.9 Å². The van der Waals surface area contributed by atoms with Crippen LogP contribution in [0.5, 0.6) is 0 Å². The van der Waals surface area contributed by atoms with Gasteiger partial charge < -0.3 is 4.90 Å². The molecule has 0 heterocycles. The first-order valence-electron chi connectivity index (χ1n) is 6.44. The third-order valence-corrected chi connectivity index (χ3v) is 5.07. The van der Waals surface area contributed by atoms with Gasteiger partial charge in [-0.1, -0.05) is 52.2 Å². The van der Waals surface area contributed by atoms with Gasteiger partial charge in [0, 0.05) is 18.4 Å². The van der Waals surface area contributed by atoms with Gasteiger partial charge in [-0.05, 0) is 37.8 Å². The van der Waals surface area contributed by atoms with Gasteiger partial charge in [0.15, 0.2) is 0 Å². The Kier molecular flexibility index (Phi) is 4.26. The third kappa shape index (κ3) is 3.32. The van der Waals surface area contributed by atoms with Gasteiger partial charge in [-0.3, -0.25) is 0 Å². The zero-order valence-electron chi connectivity index (χ0n) is 10.9. The normalized spacial score (nSPS) is 18.1. The van der Waals surface area contributed by atoms with Crippen molar-refractivity contribution in [1.82, 2.24) is 4.90 Å². The van der Waals surface area contributed by atoms with Crippen LogP contribution in [0.1, 0.15) is 30.4 Å². The van der Waals surface area contributed by atoms with E-state index in [0.29, 0.717) is 5.41 Å². The van der Waals surface area contributed by atoms with Crippen molar-refractivity contribution in [2.24, 2.45) is 5.41 Å². The van der Waals surface area contributed by atoms with Crippen molar-refractivity contribution in [3.63, 3.8) is 0 Å². The van der Waals surface area contributed by atoms with Crippen LogP contribution < -0.4 is 0 Å². The second kappa shape index (κ2) is 5.53. The summed E-state index contributed by atoms with van der Waals surface area (Å²) >= 11 is 3.68. The van der Waals surface area contributed by atoms with Crippen LogP contribution in [0.4, 0.5) is 0 Å². The van der Waals surface area contributed by atoms with Crippen molar-refractivity contribution in [2.75, 3.05) is 18.9 Å². The van der Waals surface area contributed by atoms with Crippen molar-refractivity contribution in [1.29, 1.82) is 0 Å². The molecule has 0 aromatic heterocycles. The van der Waals surface area contributed by atoms with Gasteiger partial charge in [0.25, 0.3) is 0 Å². The highest BCUT2D eigenvalue weighted by Crippen LogP contribution is 2.42. The summed E-state index contributed by atoms with van der Waals surface area (Å²) in [6.45, 7) is 4.42. The molecule has 2 rings (SSSR count). The predicted octanol–water partition coefficient (Wildman–Crippen LogP) is 3.99. The Morgan fingerprint density at radius 1 is 1.24 bits per heavy atom. The maximum absolute atomic E-state index is 3.68. The highest BCUT2D eigenvalue weighted by Gasteiger charge is 2.36. The summed E-state index contributed by atoms with van der Waals surface area (Å²) in [6.07, 6.45) is 4.18. The highest BCUT2D eigenvalue weighted by atomic mass is 79.9. The van der Waals surface area contributed by atoms with Crippen LogP contribution in [0.2, 0.25) is 0 Å². The summed E-state index contributed by atoms with van der Waals surface area (Å²) in [5.41, 5.74) is 3.31. The van der Waals surface area contributed by atoms with Crippen LogP contribution in [-0.4, -0.2) is 23.8 Å². The summed E-state index contributed by atoms with van der Waals surface area (Å²) in [4.78, 5) is 2.46. The molecule has 17 heavy (non-hydrogen) atoms. The summed E-state index contributed by atoms with van der Waals surface area (Å²) in [6, 6.07) is 8.89. The minimum Gasteiger partial charge on any atom is -0.302 e. The van der Waals surface area contributed by atoms with E-state index >= 15 is 0 Å². The number of rotatable bonds is 5. The first-order valence-corrected chi connectivity index (χ1v) is 7.56. The standard InChI is InChI=1S/C15H22BrN/c1-13-4-6-14(7-5-13)10-17(2)12-15(11-16)8-3-9-15/h4-7H,3,8-12H2,1-2H3. The summed E-state index contributed by atoms with van der Waals surface area (Å²) < 4.78 is 0. The average Bonchev–Trinajstić information content (AvgIpc) is 2.27. The monoisotopic (exact) mass is 295 g/mol. The second-order valence-electron chi connectivity index (χ2n) is 5.65. The topological polar surface area (TPSA) is 3.24 Å². The van der Waals surface area contributed by atoms with Crippen molar-refractivity contribution in [3.8, 4) is 0 Å². The Balaban J connectivity index is 1.88. The van der Waals surface area contributed by atoms with Crippen molar-refractivity contribution in [3.05, 3.63) is 35.4 Å². The first-order chi connectivity index (χ1) is 8.13. The molecule has 0 aliphatic heterocycles. The van der Waals surface area contributed by atoms with Crippen molar-refractivity contribution >= 4 is 15.9 Å². The Labute approximate surface area is 113 Å². The van der Waals surface area contributed by atoms with Crippen molar-refractivity contribution < 1.29 is 0 Å². The van der Waals surface area contributed by atoms with Crippen LogP contribution in [0.15, 0.2) is 24.3 Å². The number of halogens is 1. The van der Waals surface area contributed by atoms with Crippen molar-refractivity contribution in [2.45, 2.75) is 32.7 Å². The quantitative estimate of drug-likeness (QED) is 0.743. The smallest absolute Gasteiger partial charge is 0.0230 e. The lowest BCUT2D eigenvalue weighted by Gasteiger charge is -2.43. The number of hydrogen-bond acceptors (Lipinski definition) is 1. The molecule has 0 spiro atoms. The molecule has 1 nitrogen and oxygen atoms in total. The lowest BCUT2D eigenvalue weighted by molar-refractivity contribution is 0.102. The average molecular weight is 296 g/mol. The number of nitrogens with zero attached hydrogens (tertiary/aromatic N) is 1. The molecule has 0 atom stereocenters. The van der Waals surface area contributed by atoms with E-state index < -0.39 is 0 Å². The molecule has 1 aromatic carbocycles. The molecule has 1 aliphatic carbocycles. The fourth-order valence-electron chi connectivity index (χ4n) is 2.64. The molecule has 0 N–H and O–H groups in total. The summed E-state index contributed by atoms with van der Waals surface area (Å²) in [5.74, 6) is 0. The van der Waals surface area contributed by atoms with E-state index in [0.717, 1.165) is 11.9 Å². The molecule has 1 saturated carbocycles. The van der Waals surface area contributed by atoms with E-state index in [9.17, 15) is 0 Å². The largest absolute Gasteiger partial charge is 0.302 e. The van der Waals surface area contributed by atoms with Gasteiger partial charge in [0.1, 0.15) is 0 Å². The summed E-state index contributed by atoms with van der Waals surface area (Å²) in [7, 11) is 2.24. The molecular formula is C15H22BrN. The van der Waals surface area contributed by atoms with E-state index in [2.05, 4.69) is 59.1 Å². The van der Waals surface area contributed by atoms with Crippen LogP contribution in [-0.2, 0) is 6.54 Å². The molecule has 0 saturated heterocycles. The Bertz CT molecular complexity index is 348. The lowest BCUT2D eigenvalue weighted by atomic mass is 9.70. The minimum absolute atomic E-state index is 0.555. The minimum atomic E-state index is 0.555. The fraction of sp³-hybridized carbons (Fsp3) is 0.600. The molecule has 1 fully saturated rings. The SMILES string of the molecule is Cc1ccc(CN(C)CC2(CBr)CCC2)cc1. The maximum atomic E-state index is 3.68. The first kappa shape index (κ1) is 13.1. The molecule has 2 heteroatoms. The maximum Gasteiger partial charge on any atom is 0.0230 e. The van der Waals surface area contributed by atoms with Gasteiger partial charge in [0.05, 0.1) is 0 Å². The van der Waals surface area contributed by atoms with E-state index in [1.807, 2.05) is 0 Å². The molecule has 0 bridgehead atoms. The Morgan fingerprint density at radius 3 is 2.35 bits per heavy atom. The van der Waals surface area contributed by atoms with E-state index in [4.69, 9.17) is 0 Å². The second-order valence-corrected chi connectivity index (χ2v) is 6.21. The molecule has 1 aliphatic rings. The van der Waals surface area contributed by atoms with E-state index in [1.54, 1.807) is 0 Å². The van der Waals surface area contributed by atoms with Crippen LogP contribution in [0.3, 0.4) is 0 Å². The molecule has 0 amide bonds. The van der Waals surface area contributed by atoms with Crippen LogP contribution in [0.25, 0.3) is 0 Å². The zero-order valence-corrected chi connectivity index (χ0v) is 12.5. The Hall–Kier alpha value is -0.340. The number of alkyl halides is 1. The fourth-order valence-corrected chi connectivity index (χ4v) is 3.38. The Morgan fingerprint density at radius 2 is 1.88 bits per heavy atom. The zero-order chi connectivity index (χ0) is 12.3. The number of aryl methyl sites for hydroxylation is 1. The molecule has 0 radical (unpaired) electrons. The van der Waals surface area contributed by atoms with Gasteiger partial charge >= 0.3 is 0 Å². The van der Waals surface area contributed by atoms with E-state index in [-0.39, 0.29) is 0 Å². The predicted molar refractivity (Wildman–Crippen MR) is 77.6 cm³/mol.